The first-order valence-electron chi connectivity index (χ1n) is 2.33. The predicted molar refractivity (Wildman–Crippen MR) is 35.2 cm³/mol. The summed E-state index contributed by atoms with van der Waals surface area (Å²) < 4.78 is 1.23. The molecule has 0 radical (unpaired) electrons. The van der Waals surface area contributed by atoms with Gasteiger partial charge in [-0.15, -0.1) is 0 Å². The molecule has 0 spiro atoms. The van der Waals surface area contributed by atoms with Crippen molar-refractivity contribution in [3.63, 3.8) is 0 Å². The van der Waals surface area contributed by atoms with Gasteiger partial charge in [0, 0.05) is 0 Å². The van der Waals surface area contributed by atoms with Crippen molar-refractivity contribution in [3.8, 4) is 0 Å². The lowest BCUT2D eigenvalue weighted by Gasteiger charge is -1.96. The Hall–Kier alpha value is -0.770. The summed E-state index contributed by atoms with van der Waals surface area (Å²) in [5.74, 6) is 0. The minimum absolute atomic E-state index is 0.0596. The highest BCUT2D eigenvalue weighted by atomic mass is 79.9. The van der Waals surface area contributed by atoms with E-state index in [1.54, 1.807) is 12.1 Å². The molecule has 0 fully saturated rings. The Morgan fingerprint density at radius 3 is 2.67 bits per heavy atom. The monoisotopic (exact) mass is 188 g/mol. The topological polar surface area (TPSA) is 49.0 Å². The number of rotatable bonds is 0. The molecule has 0 atom stereocenters. The van der Waals surface area contributed by atoms with Crippen molar-refractivity contribution in [1.29, 1.82) is 5.41 Å². The first kappa shape index (κ1) is 6.35. The molecule has 0 saturated carbocycles. The van der Waals surface area contributed by atoms with E-state index in [1.807, 2.05) is 0 Å². The zero-order valence-electron chi connectivity index (χ0n) is 4.50. The van der Waals surface area contributed by atoms with Gasteiger partial charge >= 0.3 is 0 Å². The number of aromatic nitrogens is 1. The Morgan fingerprint density at radius 1 is 1.56 bits per heavy atom. The molecule has 0 aliphatic carbocycles. The van der Waals surface area contributed by atoms with Crippen LogP contribution in [0.5, 0.6) is 0 Å². The lowest BCUT2D eigenvalue weighted by Crippen LogP contribution is -2.16. The Kier molecular flexibility index (Phi) is 1.57. The quantitative estimate of drug-likeness (QED) is 0.463. The van der Waals surface area contributed by atoms with E-state index in [1.165, 1.54) is 6.07 Å². The molecule has 0 aliphatic heterocycles. The van der Waals surface area contributed by atoms with E-state index in [2.05, 4.69) is 15.9 Å². The van der Waals surface area contributed by atoms with Gasteiger partial charge in [-0.25, -0.2) is 0 Å². The molecule has 1 heterocycles. The Morgan fingerprint density at radius 2 is 2.22 bits per heavy atom. The van der Waals surface area contributed by atoms with Crippen molar-refractivity contribution in [2.45, 2.75) is 0 Å². The zero-order chi connectivity index (χ0) is 6.85. The van der Waals surface area contributed by atoms with E-state index >= 15 is 0 Å². The minimum Gasteiger partial charge on any atom is -0.426 e. The molecule has 0 unspecified atom stereocenters. The van der Waals surface area contributed by atoms with Crippen LogP contribution < -0.4 is 5.49 Å². The molecule has 48 valence electrons. The van der Waals surface area contributed by atoms with Crippen molar-refractivity contribution in [3.05, 3.63) is 28.3 Å². The average molecular weight is 189 g/mol. The summed E-state index contributed by atoms with van der Waals surface area (Å²) in [6, 6.07) is 4.82. The van der Waals surface area contributed by atoms with Gasteiger partial charge in [-0.2, -0.15) is 4.73 Å². The first-order chi connectivity index (χ1) is 4.22. The number of nitrogens with one attached hydrogen (secondary N) is 1. The van der Waals surface area contributed by atoms with Gasteiger partial charge in [-0.1, -0.05) is 6.07 Å². The SMILES string of the molecule is N=c1cccc(Br)n1O. The maximum absolute atomic E-state index is 8.89. The van der Waals surface area contributed by atoms with Gasteiger partial charge in [0.25, 0.3) is 0 Å². The van der Waals surface area contributed by atoms with Gasteiger partial charge in [0.1, 0.15) is 4.60 Å². The van der Waals surface area contributed by atoms with Crippen LogP contribution in [-0.2, 0) is 0 Å². The second-order valence-corrected chi connectivity index (χ2v) is 2.36. The summed E-state index contributed by atoms with van der Waals surface area (Å²) in [6.07, 6.45) is 0. The van der Waals surface area contributed by atoms with Crippen molar-refractivity contribution in [2.24, 2.45) is 0 Å². The number of halogens is 1. The van der Waals surface area contributed by atoms with Crippen LogP contribution in [-0.4, -0.2) is 9.94 Å². The van der Waals surface area contributed by atoms with Gasteiger partial charge < -0.3 is 5.21 Å². The maximum Gasteiger partial charge on any atom is 0.161 e. The molecule has 0 aromatic carbocycles. The van der Waals surface area contributed by atoms with Crippen LogP contribution in [0.1, 0.15) is 0 Å². The molecule has 9 heavy (non-hydrogen) atoms. The summed E-state index contributed by atoms with van der Waals surface area (Å²) in [4.78, 5) is 0. The van der Waals surface area contributed by atoms with Crippen LogP contribution in [0.2, 0.25) is 0 Å². The molecule has 0 amide bonds. The highest BCUT2D eigenvalue weighted by molar-refractivity contribution is 9.10. The lowest BCUT2D eigenvalue weighted by molar-refractivity contribution is 0.163. The molecule has 1 rings (SSSR count). The summed E-state index contributed by atoms with van der Waals surface area (Å²) >= 11 is 3.04. The number of nitrogens with zero attached hydrogens (tertiary/aromatic N) is 1. The number of hydrogen-bond donors (Lipinski definition) is 2. The van der Waals surface area contributed by atoms with Crippen LogP contribution in [0.15, 0.2) is 22.8 Å². The third-order valence-electron chi connectivity index (χ3n) is 0.918. The predicted octanol–water partition coefficient (Wildman–Crippen LogP) is 0.967. The van der Waals surface area contributed by atoms with E-state index in [4.69, 9.17) is 10.6 Å². The van der Waals surface area contributed by atoms with Crippen molar-refractivity contribution >= 4 is 15.9 Å². The summed E-state index contributed by atoms with van der Waals surface area (Å²) in [5, 5.41) is 15.9. The first-order valence-corrected chi connectivity index (χ1v) is 3.12. The van der Waals surface area contributed by atoms with Crippen molar-refractivity contribution in [1.82, 2.24) is 4.73 Å². The molecular formula is C5H5BrN2O. The fourth-order valence-electron chi connectivity index (χ4n) is 0.475. The Labute approximate surface area is 60.2 Å². The fraction of sp³-hybridized carbons (Fsp3) is 0. The highest BCUT2D eigenvalue weighted by Crippen LogP contribution is 2.01. The van der Waals surface area contributed by atoms with E-state index in [0.29, 0.717) is 4.60 Å². The Balaban J connectivity index is 3.43. The maximum atomic E-state index is 8.89. The second kappa shape index (κ2) is 2.23. The lowest BCUT2D eigenvalue weighted by atomic mass is 10.5. The molecule has 0 bridgehead atoms. The molecule has 4 heteroatoms. The van der Waals surface area contributed by atoms with Crippen LogP contribution in [0.4, 0.5) is 0 Å². The fourth-order valence-corrected chi connectivity index (χ4v) is 0.819. The number of pyridine rings is 1. The van der Waals surface area contributed by atoms with Crippen LogP contribution in [0.3, 0.4) is 0 Å². The molecular weight excluding hydrogens is 184 g/mol. The van der Waals surface area contributed by atoms with Crippen LogP contribution in [0, 0.1) is 5.41 Å². The molecule has 0 aliphatic rings. The van der Waals surface area contributed by atoms with Gasteiger partial charge in [0.2, 0.25) is 0 Å². The van der Waals surface area contributed by atoms with Crippen molar-refractivity contribution < 1.29 is 5.21 Å². The molecule has 0 saturated heterocycles. The highest BCUT2D eigenvalue weighted by Gasteiger charge is 1.90. The largest absolute Gasteiger partial charge is 0.426 e. The normalized spacial score (nSPS) is 9.44. The van der Waals surface area contributed by atoms with Crippen LogP contribution in [0.25, 0.3) is 0 Å². The summed E-state index contributed by atoms with van der Waals surface area (Å²) in [7, 11) is 0. The molecule has 2 N–H and O–H groups in total. The number of hydrogen-bond acceptors (Lipinski definition) is 2. The second-order valence-electron chi connectivity index (χ2n) is 1.55. The molecule has 1 aromatic rings. The minimum atomic E-state index is 0.0596. The smallest absolute Gasteiger partial charge is 0.161 e. The molecule has 1 aromatic heterocycles. The Bertz CT molecular complexity index is 268. The standard InChI is InChI=1S/C5H5BrN2O/c6-4-2-1-3-5(7)8(4)9/h1-3,7,9H. The zero-order valence-corrected chi connectivity index (χ0v) is 6.09. The van der Waals surface area contributed by atoms with Gasteiger partial charge in [0.05, 0.1) is 0 Å². The summed E-state index contributed by atoms with van der Waals surface area (Å²) in [6.45, 7) is 0. The van der Waals surface area contributed by atoms with E-state index in [0.717, 1.165) is 4.73 Å². The van der Waals surface area contributed by atoms with Crippen molar-refractivity contribution in [2.75, 3.05) is 0 Å². The van der Waals surface area contributed by atoms with Crippen LogP contribution >= 0.6 is 15.9 Å². The van der Waals surface area contributed by atoms with E-state index in [-0.39, 0.29) is 5.49 Å². The average Bonchev–Trinajstić information content (AvgIpc) is 1.83. The molecule has 3 nitrogen and oxygen atoms in total. The third-order valence-corrected chi connectivity index (χ3v) is 1.52. The summed E-state index contributed by atoms with van der Waals surface area (Å²) in [5.41, 5.74) is 0.0596. The van der Waals surface area contributed by atoms with Gasteiger partial charge in [-0.05, 0) is 28.1 Å². The van der Waals surface area contributed by atoms with Gasteiger partial charge in [-0.3, -0.25) is 5.41 Å². The van der Waals surface area contributed by atoms with Gasteiger partial charge in [0.15, 0.2) is 5.49 Å². The van der Waals surface area contributed by atoms with E-state index < -0.39 is 0 Å². The third kappa shape index (κ3) is 1.13. The van der Waals surface area contributed by atoms with E-state index in [9.17, 15) is 0 Å².